The molecule has 0 saturated carbocycles. The van der Waals surface area contributed by atoms with Gasteiger partial charge >= 0.3 is 0 Å². The van der Waals surface area contributed by atoms with E-state index in [9.17, 15) is 4.79 Å². The fourth-order valence-electron chi connectivity index (χ4n) is 0.623. The van der Waals surface area contributed by atoms with Gasteiger partial charge in [0, 0.05) is 11.6 Å². The lowest BCUT2D eigenvalue weighted by atomic mass is 10.2. The molecule has 2 nitrogen and oxygen atoms in total. The second-order valence-electron chi connectivity index (χ2n) is 1.81. The van der Waals surface area contributed by atoms with Crippen LogP contribution in [0.3, 0.4) is 0 Å². The van der Waals surface area contributed by atoms with E-state index in [0.717, 1.165) is 6.29 Å². The number of methoxy groups -OCH3 is 1. The lowest BCUT2D eigenvalue weighted by Gasteiger charge is -1.95. The fourth-order valence-corrected chi connectivity index (χ4v) is 0.623. The maximum Gasteiger partial charge on any atom is 0.150 e. The number of carbonyl (C=O) groups excluding carboxylic acids is 1. The molecule has 0 fully saturated rings. The SMILES string of the molecule is COc1[c]cc(C=O)cc1. The first-order valence-electron chi connectivity index (χ1n) is 2.87. The molecule has 0 spiro atoms. The van der Waals surface area contributed by atoms with E-state index in [-0.39, 0.29) is 0 Å². The van der Waals surface area contributed by atoms with Crippen molar-refractivity contribution in [2.45, 2.75) is 0 Å². The van der Waals surface area contributed by atoms with Crippen molar-refractivity contribution in [3.05, 3.63) is 29.8 Å². The largest absolute Gasteiger partial charge is 0.496 e. The summed E-state index contributed by atoms with van der Waals surface area (Å²) in [5, 5.41) is 0. The maximum absolute atomic E-state index is 10.1. The van der Waals surface area contributed by atoms with Crippen molar-refractivity contribution in [1.29, 1.82) is 0 Å². The molecule has 51 valence electrons. The van der Waals surface area contributed by atoms with E-state index >= 15 is 0 Å². The Kier molecular flexibility index (Phi) is 2.05. The van der Waals surface area contributed by atoms with Gasteiger partial charge in [0.05, 0.1) is 7.11 Å². The standard InChI is InChI=1S/C8H7O2/c1-10-8-4-2-7(6-9)3-5-8/h2-4,6H,1H3. The zero-order valence-electron chi connectivity index (χ0n) is 5.63. The maximum atomic E-state index is 10.1. The third-order valence-electron chi connectivity index (χ3n) is 1.16. The topological polar surface area (TPSA) is 26.3 Å². The summed E-state index contributed by atoms with van der Waals surface area (Å²) >= 11 is 0. The molecule has 0 unspecified atom stereocenters. The second-order valence-corrected chi connectivity index (χ2v) is 1.81. The van der Waals surface area contributed by atoms with Gasteiger partial charge in [-0.25, -0.2) is 0 Å². The molecule has 0 aliphatic heterocycles. The summed E-state index contributed by atoms with van der Waals surface area (Å²) in [7, 11) is 1.56. The molecule has 0 atom stereocenters. The van der Waals surface area contributed by atoms with Gasteiger partial charge in [-0.3, -0.25) is 4.79 Å². The van der Waals surface area contributed by atoms with Crippen LogP contribution in [0.15, 0.2) is 18.2 Å². The van der Waals surface area contributed by atoms with E-state index in [1.807, 2.05) is 0 Å². The van der Waals surface area contributed by atoms with Crippen LogP contribution >= 0.6 is 0 Å². The molecule has 0 N–H and O–H groups in total. The van der Waals surface area contributed by atoms with E-state index in [2.05, 4.69) is 6.07 Å². The average Bonchev–Trinajstić information content (AvgIpc) is 2.05. The van der Waals surface area contributed by atoms with Crippen molar-refractivity contribution in [3.8, 4) is 5.75 Å². The Morgan fingerprint density at radius 1 is 1.60 bits per heavy atom. The van der Waals surface area contributed by atoms with Gasteiger partial charge < -0.3 is 4.74 Å². The molecule has 0 amide bonds. The van der Waals surface area contributed by atoms with Crippen molar-refractivity contribution in [3.63, 3.8) is 0 Å². The number of carbonyl (C=O) groups is 1. The first-order valence-corrected chi connectivity index (χ1v) is 2.87. The van der Waals surface area contributed by atoms with Crippen LogP contribution in [0.1, 0.15) is 10.4 Å². The van der Waals surface area contributed by atoms with E-state index in [1.54, 1.807) is 25.3 Å². The smallest absolute Gasteiger partial charge is 0.150 e. The van der Waals surface area contributed by atoms with Crippen LogP contribution in [0.25, 0.3) is 0 Å². The number of rotatable bonds is 2. The Morgan fingerprint density at radius 2 is 2.40 bits per heavy atom. The third kappa shape index (κ3) is 1.35. The van der Waals surface area contributed by atoms with Gasteiger partial charge in [-0.1, -0.05) is 0 Å². The van der Waals surface area contributed by atoms with Crippen LogP contribution < -0.4 is 4.74 Å². The van der Waals surface area contributed by atoms with Gasteiger partial charge in [-0.2, -0.15) is 0 Å². The minimum absolute atomic E-state index is 0.612. The normalized spacial score (nSPS) is 8.90. The van der Waals surface area contributed by atoms with Crippen LogP contribution in [-0.2, 0) is 0 Å². The Hall–Kier alpha value is -1.31. The third-order valence-corrected chi connectivity index (χ3v) is 1.16. The first kappa shape index (κ1) is 6.81. The molecule has 2 heteroatoms. The highest BCUT2D eigenvalue weighted by molar-refractivity contribution is 5.74. The highest BCUT2D eigenvalue weighted by atomic mass is 16.5. The summed E-state index contributed by atoms with van der Waals surface area (Å²) in [6.07, 6.45) is 0.774. The van der Waals surface area contributed by atoms with Crippen molar-refractivity contribution in [1.82, 2.24) is 0 Å². The van der Waals surface area contributed by atoms with E-state index < -0.39 is 0 Å². The zero-order chi connectivity index (χ0) is 7.40. The monoisotopic (exact) mass is 135 g/mol. The molecule has 1 rings (SSSR count). The van der Waals surface area contributed by atoms with Gasteiger partial charge in [-0.15, -0.1) is 0 Å². The second kappa shape index (κ2) is 3.01. The minimum Gasteiger partial charge on any atom is -0.496 e. The Bertz CT molecular complexity index is 213. The van der Waals surface area contributed by atoms with Crippen LogP contribution in [0.5, 0.6) is 5.75 Å². The van der Waals surface area contributed by atoms with E-state index in [0.29, 0.717) is 11.3 Å². The Labute approximate surface area is 59.4 Å². The summed E-state index contributed by atoms with van der Waals surface area (Å²) in [4.78, 5) is 10.1. The van der Waals surface area contributed by atoms with Crippen molar-refractivity contribution < 1.29 is 9.53 Å². The average molecular weight is 135 g/mol. The van der Waals surface area contributed by atoms with Gasteiger partial charge in [0.25, 0.3) is 0 Å². The fraction of sp³-hybridized carbons (Fsp3) is 0.125. The van der Waals surface area contributed by atoms with Gasteiger partial charge in [-0.05, 0) is 18.2 Å². The molecule has 1 aromatic rings. The molecular weight excluding hydrogens is 128 g/mol. The predicted octanol–water partition coefficient (Wildman–Crippen LogP) is 1.31. The van der Waals surface area contributed by atoms with Gasteiger partial charge in [0.15, 0.2) is 0 Å². The lowest BCUT2D eigenvalue weighted by Crippen LogP contribution is -1.83. The minimum atomic E-state index is 0.612. The molecule has 1 radical (unpaired) electrons. The summed E-state index contributed by atoms with van der Waals surface area (Å²) in [6.45, 7) is 0. The summed E-state index contributed by atoms with van der Waals surface area (Å²) < 4.78 is 4.84. The predicted molar refractivity (Wildman–Crippen MR) is 37.2 cm³/mol. The highest BCUT2D eigenvalue weighted by Gasteiger charge is 1.90. The Morgan fingerprint density at radius 3 is 2.80 bits per heavy atom. The molecular formula is C8H7O2. The van der Waals surface area contributed by atoms with Crippen LogP contribution in [0, 0.1) is 6.07 Å². The van der Waals surface area contributed by atoms with Gasteiger partial charge in [0.1, 0.15) is 12.0 Å². The van der Waals surface area contributed by atoms with Crippen LogP contribution in [-0.4, -0.2) is 13.4 Å². The Balaban J connectivity index is 2.90. The van der Waals surface area contributed by atoms with Crippen molar-refractivity contribution in [2.24, 2.45) is 0 Å². The van der Waals surface area contributed by atoms with E-state index in [1.165, 1.54) is 0 Å². The lowest BCUT2D eigenvalue weighted by molar-refractivity contribution is 0.112. The molecule has 0 aliphatic rings. The number of ether oxygens (including phenoxy) is 1. The molecule has 0 aliphatic carbocycles. The molecule has 0 heterocycles. The van der Waals surface area contributed by atoms with Crippen molar-refractivity contribution >= 4 is 6.29 Å². The number of hydrogen-bond acceptors (Lipinski definition) is 2. The number of aldehydes is 1. The van der Waals surface area contributed by atoms with Crippen LogP contribution in [0.4, 0.5) is 0 Å². The number of hydrogen-bond donors (Lipinski definition) is 0. The molecule has 0 aromatic heterocycles. The summed E-state index contributed by atoms with van der Waals surface area (Å²) in [6, 6.07) is 7.75. The molecule has 10 heavy (non-hydrogen) atoms. The molecule has 0 bridgehead atoms. The van der Waals surface area contributed by atoms with Gasteiger partial charge in [0.2, 0.25) is 0 Å². The van der Waals surface area contributed by atoms with E-state index in [4.69, 9.17) is 4.74 Å². The van der Waals surface area contributed by atoms with Crippen molar-refractivity contribution in [2.75, 3.05) is 7.11 Å². The highest BCUT2D eigenvalue weighted by Crippen LogP contribution is 2.08. The summed E-state index contributed by atoms with van der Waals surface area (Å²) in [5.74, 6) is 0.644. The molecule has 1 aromatic carbocycles. The molecule has 0 saturated heterocycles. The quantitative estimate of drug-likeness (QED) is 0.571. The zero-order valence-corrected chi connectivity index (χ0v) is 5.63. The number of benzene rings is 1. The first-order chi connectivity index (χ1) is 4.86. The van der Waals surface area contributed by atoms with Crippen LogP contribution in [0.2, 0.25) is 0 Å². The summed E-state index contributed by atoms with van der Waals surface area (Å²) in [5.41, 5.74) is 0.612.